The van der Waals surface area contributed by atoms with Crippen LogP contribution in [0.15, 0.2) is 47.3 Å². The van der Waals surface area contributed by atoms with Crippen molar-refractivity contribution in [3.05, 3.63) is 52.9 Å². The fourth-order valence-corrected chi connectivity index (χ4v) is 3.90. The van der Waals surface area contributed by atoms with E-state index in [-0.39, 0.29) is 12.1 Å². The molecule has 2 aromatic rings. The Morgan fingerprint density at radius 1 is 1.16 bits per heavy atom. The van der Waals surface area contributed by atoms with Gasteiger partial charge in [0.15, 0.2) is 0 Å². The summed E-state index contributed by atoms with van der Waals surface area (Å²) in [5.74, 6) is 1.29. The van der Waals surface area contributed by atoms with E-state index in [1.807, 2.05) is 17.0 Å². The monoisotopic (exact) mass is 401 g/mol. The summed E-state index contributed by atoms with van der Waals surface area (Å²) < 4.78 is 1.12. The number of aromatic nitrogens is 2. The second-order valence-electron chi connectivity index (χ2n) is 6.46. The third-order valence-corrected chi connectivity index (χ3v) is 5.57. The first kappa shape index (κ1) is 16.3. The first-order valence-corrected chi connectivity index (χ1v) is 9.32. The van der Waals surface area contributed by atoms with Crippen LogP contribution in [0.25, 0.3) is 0 Å². The van der Waals surface area contributed by atoms with Gasteiger partial charge in [0, 0.05) is 55.0 Å². The van der Waals surface area contributed by atoms with E-state index < -0.39 is 0 Å². The SMILES string of the molecule is O=C(N[C@H]1C[C@@H]1c1ccccc1Br)N1CCN(c2cnccn2)CC1. The number of anilines is 1. The van der Waals surface area contributed by atoms with Crippen LogP contribution in [0.4, 0.5) is 10.6 Å². The van der Waals surface area contributed by atoms with Crippen molar-refractivity contribution in [1.82, 2.24) is 20.2 Å². The number of hydrogen-bond acceptors (Lipinski definition) is 4. The highest BCUT2D eigenvalue weighted by Gasteiger charge is 2.41. The highest BCUT2D eigenvalue weighted by Crippen LogP contribution is 2.43. The van der Waals surface area contributed by atoms with Gasteiger partial charge in [0.2, 0.25) is 0 Å². The normalized spacial score (nSPS) is 22.6. The number of urea groups is 1. The summed E-state index contributed by atoms with van der Waals surface area (Å²) in [5.41, 5.74) is 1.28. The van der Waals surface area contributed by atoms with Gasteiger partial charge in [-0.2, -0.15) is 0 Å². The Labute approximate surface area is 155 Å². The summed E-state index contributed by atoms with van der Waals surface area (Å²) in [6.45, 7) is 2.97. The van der Waals surface area contributed by atoms with Crippen molar-refractivity contribution in [2.24, 2.45) is 0 Å². The summed E-state index contributed by atoms with van der Waals surface area (Å²) in [6, 6.07) is 8.52. The molecule has 0 bridgehead atoms. The predicted molar refractivity (Wildman–Crippen MR) is 99.6 cm³/mol. The zero-order valence-electron chi connectivity index (χ0n) is 13.8. The molecule has 25 heavy (non-hydrogen) atoms. The molecule has 2 heterocycles. The van der Waals surface area contributed by atoms with Crippen LogP contribution in [-0.4, -0.2) is 53.1 Å². The number of amides is 2. The molecule has 1 aromatic heterocycles. The van der Waals surface area contributed by atoms with Gasteiger partial charge in [-0.1, -0.05) is 34.1 Å². The van der Waals surface area contributed by atoms with Gasteiger partial charge in [0.25, 0.3) is 0 Å². The Morgan fingerprint density at radius 3 is 2.68 bits per heavy atom. The molecular weight excluding hydrogens is 382 g/mol. The second-order valence-corrected chi connectivity index (χ2v) is 7.31. The van der Waals surface area contributed by atoms with E-state index >= 15 is 0 Å². The van der Waals surface area contributed by atoms with E-state index in [0.29, 0.717) is 19.0 Å². The largest absolute Gasteiger partial charge is 0.352 e. The smallest absolute Gasteiger partial charge is 0.317 e. The molecule has 2 amide bonds. The highest BCUT2D eigenvalue weighted by molar-refractivity contribution is 9.10. The van der Waals surface area contributed by atoms with Crippen molar-refractivity contribution in [1.29, 1.82) is 0 Å². The number of rotatable bonds is 3. The topological polar surface area (TPSA) is 61.4 Å². The van der Waals surface area contributed by atoms with Gasteiger partial charge in [-0.05, 0) is 18.1 Å². The maximum atomic E-state index is 12.5. The fourth-order valence-electron chi connectivity index (χ4n) is 3.32. The van der Waals surface area contributed by atoms with E-state index in [1.165, 1.54) is 5.56 Å². The van der Waals surface area contributed by atoms with Gasteiger partial charge in [0.05, 0.1) is 6.20 Å². The van der Waals surface area contributed by atoms with Crippen molar-refractivity contribution in [2.75, 3.05) is 31.1 Å². The third-order valence-electron chi connectivity index (χ3n) is 4.84. The summed E-state index contributed by atoms with van der Waals surface area (Å²) in [5, 5.41) is 3.17. The summed E-state index contributed by atoms with van der Waals surface area (Å²) in [4.78, 5) is 25.0. The van der Waals surface area contributed by atoms with E-state index in [9.17, 15) is 4.79 Å². The van der Waals surface area contributed by atoms with Crippen molar-refractivity contribution in [2.45, 2.75) is 18.4 Å². The lowest BCUT2D eigenvalue weighted by molar-refractivity contribution is 0.193. The Bertz CT molecular complexity index is 748. The molecular formula is C18H20BrN5O. The molecule has 6 nitrogen and oxygen atoms in total. The maximum Gasteiger partial charge on any atom is 0.317 e. The lowest BCUT2D eigenvalue weighted by Gasteiger charge is -2.35. The minimum absolute atomic E-state index is 0.0401. The van der Waals surface area contributed by atoms with Gasteiger partial charge in [0.1, 0.15) is 5.82 Å². The number of carbonyl (C=O) groups excluding carboxylic acids is 1. The molecule has 2 atom stereocenters. The molecule has 1 aromatic carbocycles. The highest BCUT2D eigenvalue weighted by atomic mass is 79.9. The summed E-state index contributed by atoms with van der Waals surface area (Å²) >= 11 is 3.60. The summed E-state index contributed by atoms with van der Waals surface area (Å²) in [7, 11) is 0. The Balaban J connectivity index is 1.28. The number of nitrogens with zero attached hydrogens (tertiary/aromatic N) is 4. The Morgan fingerprint density at radius 2 is 1.96 bits per heavy atom. The van der Waals surface area contributed by atoms with Crippen molar-refractivity contribution in [3.8, 4) is 0 Å². The number of benzene rings is 1. The standard InChI is InChI=1S/C18H20BrN5O/c19-15-4-2-1-3-13(15)14-11-16(14)22-18(25)24-9-7-23(8-10-24)17-12-20-5-6-21-17/h1-6,12,14,16H,7-11H2,(H,22,25)/t14-,16+/m1/s1. The molecule has 1 N–H and O–H groups in total. The Kier molecular flexibility index (Phi) is 4.57. The van der Waals surface area contributed by atoms with E-state index in [1.54, 1.807) is 18.6 Å². The van der Waals surface area contributed by atoms with E-state index in [2.05, 4.69) is 48.2 Å². The van der Waals surface area contributed by atoms with Crippen LogP contribution in [0.1, 0.15) is 17.9 Å². The van der Waals surface area contributed by atoms with E-state index in [4.69, 9.17) is 0 Å². The first-order valence-electron chi connectivity index (χ1n) is 8.53. The van der Waals surface area contributed by atoms with Crippen molar-refractivity contribution < 1.29 is 4.79 Å². The minimum atomic E-state index is 0.0401. The Hall–Kier alpha value is -2.15. The zero-order valence-corrected chi connectivity index (χ0v) is 15.4. The van der Waals surface area contributed by atoms with Crippen LogP contribution in [-0.2, 0) is 0 Å². The maximum absolute atomic E-state index is 12.5. The van der Waals surface area contributed by atoms with E-state index in [0.717, 1.165) is 29.8 Å². The molecule has 1 saturated carbocycles. The van der Waals surface area contributed by atoms with Crippen LogP contribution >= 0.6 is 15.9 Å². The van der Waals surface area contributed by atoms with Crippen LogP contribution in [0.3, 0.4) is 0 Å². The minimum Gasteiger partial charge on any atom is -0.352 e. The molecule has 0 radical (unpaired) electrons. The average molecular weight is 402 g/mol. The molecule has 130 valence electrons. The molecule has 4 rings (SSSR count). The molecule has 7 heteroatoms. The number of piperazine rings is 1. The van der Waals surface area contributed by atoms with Crippen LogP contribution in [0, 0.1) is 0 Å². The number of halogens is 1. The molecule has 1 saturated heterocycles. The fraction of sp³-hybridized carbons (Fsp3) is 0.389. The lowest BCUT2D eigenvalue weighted by Crippen LogP contribution is -2.52. The number of carbonyl (C=O) groups is 1. The predicted octanol–water partition coefficient (Wildman–Crippen LogP) is 2.63. The van der Waals surface area contributed by atoms with Gasteiger partial charge in [-0.3, -0.25) is 4.98 Å². The molecule has 0 spiro atoms. The molecule has 2 aliphatic rings. The number of nitrogens with one attached hydrogen (secondary N) is 1. The average Bonchev–Trinajstić information content (AvgIpc) is 3.42. The summed E-state index contributed by atoms with van der Waals surface area (Å²) in [6.07, 6.45) is 6.14. The molecule has 2 fully saturated rings. The molecule has 1 aliphatic heterocycles. The van der Waals surface area contributed by atoms with Crippen LogP contribution in [0.5, 0.6) is 0 Å². The molecule has 0 unspecified atom stereocenters. The number of hydrogen-bond donors (Lipinski definition) is 1. The quantitative estimate of drug-likeness (QED) is 0.858. The van der Waals surface area contributed by atoms with Gasteiger partial charge < -0.3 is 15.1 Å². The second kappa shape index (κ2) is 7.00. The molecule has 1 aliphatic carbocycles. The lowest BCUT2D eigenvalue weighted by atomic mass is 10.1. The van der Waals surface area contributed by atoms with Crippen molar-refractivity contribution >= 4 is 27.8 Å². The van der Waals surface area contributed by atoms with Gasteiger partial charge in [-0.15, -0.1) is 0 Å². The third kappa shape index (κ3) is 3.61. The van der Waals surface area contributed by atoms with Gasteiger partial charge >= 0.3 is 6.03 Å². The van der Waals surface area contributed by atoms with Crippen LogP contribution in [0.2, 0.25) is 0 Å². The zero-order chi connectivity index (χ0) is 17.2. The van der Waals surface area contributed by atoms with Gasteiger partial charge in [-0.25, -0.2) is 9.78 Å². The first-order chi connectivity index (χ1) is 12.2. The van der Waals surface area contributed by atoms with Crippen LogP contribution < -0.4 is 10.2 Å². The van der Waals surface area contributed by atoms with Crippen molar-refractivity contribution in [3.63, 3.8) is 0 Å².